The van der Waals surface area contributed by atoms with Gasteiger partial charge < -0.3 is 15.4 Å². The molecule has 0 aromatic heterocycles. The summed E-state index contributed by atoms with van der Waals surface area (Å²) < 4.78 is 30.7. The van der Waals surface area contributed by atoms with Gasteiger partial charge in [-0.2, -0.15) is 0 Å². The third-order valence-corrected chi connectivity index (χ3v) is 4.02. The SMILES string of the molecule is CCS(=O)(=O)Nc1ccc(NC(=O)CCNC)cc1OC.Cl. The van der Waals surface area contributed by atoms with Crippen LogP contribution in [0.4, 0.5) is 11.4 Å². The zero-order valence-corrected chi connectivity index (χ0v) is 14.4. The van der Waals surface area contributed by atoms with Crippen molar-refractivity contribution in [1.29, 1.82) is 0 Å². The van der Waals surface area contributed by atoms with E-state index in [0.29, 0.717) is 30.1 Å². The summed E-state index contributed by atoms with van der Waals surface area (Å²) in [6, 6.07) is 4.75. The lowest BCUT2D eigenvalue weighted by atomic mass is 10.2. The number of ether oxygens (including phenoxy) is 1. The number of hydrogen-bond acceptors (Lipinski definition) is 5. The largest absolute Gasteiger partial charge is 0.494 e. The Bertz CT molecular complexity index is 593. The molecule has 1 aromatic rings. The summed E-state index contributed by atoms with van der Waals surface area (Å²) >= 11 is 0. The predicted molar refractivity (Wildman–Crippen MR) is 90.5 cm³/mol. The van der Waals surface area contributed by atoms with E-state index in [1.807, 2.05) is 0 Å². The van der Waals surface area contributed by atoms with E-state index in [4.69, 9.17) is 4.74 Å². The second-order valence-electron chi connectivity index (χ2n) is 4.32. The molecular formula is C13H22ClN3O4S. The zero-order valence-electron chi connectivity index (χ0n) is 12.8. The van der Waals surface area contributed by atoms with Crippen molar-refractivity contribution in [2.75, 3.05) is 36.5 Å². The van der Waals surface area contributed by atoms with Crippen LogP contribution >= 0.6 is 12.4 Å². The molecule has 0 heterocycles. The summed E-state index contributed by atoms with van der Waals surface area (Å²) in [6.45, 7) is 2.13. The highest BCUT2D eigenvalue weighted by Gasteiger charge is 2.12. The molecule has 0 aliphatic heterocycles. The molecule has 0 atom stereocenters. The van der Waals surface area contributed by atoms with Gasteiger partial charge >= 0.3 is 0 Å². The molecule has 0 saturated heterocycles. The average Bonchev–Trinajstić information content (AvgIpc) is 2.46. The molecule has 22 heavy (non-hydrogen) atoms. The van der Waals surface area contributed by atoms with Crippen LogP contribution in [0.1, 0.15) is 13.3 Å². The number of rotatable bonds is 8. The van der Waals surface area contributed by atoms with Crippen molar-refractivity contribution in [1.82, 2.24) is 5.32 Å². The van der Waals surface area contributed by atoms with Gasteiger partial charge in [0, 0.05) is 24.7 Å². The standard InChI is InChI=1S/C13H21N3O4S.ClH/c1-4-21(18,19)16-11-6-5-10(9-12(11)20-3)15-13(17)7-8-14-2;/h5-6,9,14,16H,4,7-8H2,1-3H3,(H,15,17);1H. The van der Waals surface area contributed by atoms with Gasteiger partial charge in [-0.15, -0.1) is 12.4 Å². The lowest BCUT2D eigenvalue weighted by Crippen LogP contribution is -2.19. The molecule has 0 aliphatic carbocycles. The first-order valence-electron chi connectivity index (χ1n) is 6.54. The molecule has 1 aromatic carbocycles. The first-order chi connectivity index (χ1) is 9.91. The number of nitrogens with one attached hydrogen (secondary N) is 3. The van der Waals surface area contributed by atoms with E-state index in [2.05, 4.69) is 15.4 Å². The van der Waals surface area contributed by atoms with Crippen molar-refractivity contribution in [3.05, 3.63) is 18.2 Å². The summed E-state index contributed by atoms with van der Waals surface area (Å²) in [5, 5.41) is 5.61. The molecule has 0 saturated carbocycles. The molecule has 0 bridgehead atoms. The van der Waals surface area contributed by atoms with Crippen molar-refractivity contribution in [2.24, 2.45) is 0 Å². The summed E-state index contributed by atoms with van der Waals surface area (Å²) in [7, 11) is -0.174. The fourth-order valence-corrected chi connectivity index (χ4v) is 2.20. The minimum Gasteiger partial charge on any atom is -0.494 e. The zero-order chi connectivity index (χ0) is 15.9. The van der Waals surface area contributed by atoms with Crippen LogP contribution in [-0.4, -0.2) is 40.8 Å². The normalized spacial score (nSPS) is 10.5. The molecule has 0 spiro atoms. The molecule has 0 unspecified atom stereocenters. The molecule has 1 amide bonds. The van der Waals surface area contributed by atoms with Crippen LogP contribution in [0.15, 0.2) is 18.2 Å². The van der Waals surface area contributed by atoms with E-state index in [-0.39, 0.29) is 24.1 Å². The fourth-order valence-electron chi connectivity index (χ4n) is 1.56. The van der Waals surface area contributed by atoms with E-state index in [0.717, 1.165) is 0 Å². The third-order valence-electron chi connectivity index (χ3n) is 2.73. The van der Waals surface area contributed by atoms with Crippen molar-refractivity contribution < 1.29 is 17.9 Å². The van der Waals surface area contributed by atoms with Crippen LogP contribution in [0.25, 0.3) is 0 Å². The topological polar surface area (TPSA) is 96.5 Å². The highest BCUT2D eigenvalue weighted by molar-refractivity contribution is 7.92. The van der Waals surface area contributed by atoms with Gasteiger partial charge in [0.15, 0.2) is 0 Å². The fraction of sp³-hybridized carbons (Fsp3) is 0.462. The van der Waals surface area contributed by atoms with Gasteiger partial charge in [-0.25, -0.2) is 8.42 Å². The average molecular weight is 352 g/mol. The number of benzene rings is 1. The Morgan fingerprint density at radius 1 is 1.32 bits per heavy atom. The van der Waals surface area contributed by atoms with E-state index < -0.39 is 10.0 Å². The van der Waals surface area contributed by atoms with Crippen LogP contribution in [0.5, 0.6) is 5.75 Å². The van der Waals surface area contributed by atoms with Gasteiger partial charge in [-0.3, -0.25) is 9.52 Å². The van der Waals surface area contributed by atoms with Crippen molar-refractivity contribution in [2.45, 2.75) is 13.3 Å². The molecule has 3 N–H and O–H groups in total. The van der Waals surface area contributed by atoms with E-state index in [1.165, 1.54) is 7.11 Å². The monoisotopic (exact) mass is 351 g/mol. The number of methoxy groups -OCH3 is 1. The van der Waals surface area contributed by atoms with Crippen LogP contribution in [-0.2, 0) is 14.8 Å². The number of halogens is 1. The maximum atomic E-state index is 11.6. The molecular weight excluding hydrogens is 330 g/mol. The Kier molecular flexibility index (Phi) is 8.84. The lowest BCUT2D eigenvalue weighted by molar-refractivity contribution is -0.116. The maximum Gasteiger partial charge on any atom is 0.232 e. The number of hydrogen-bond donors (Lipinski definition) is 3. The van der Waals surface area contributed by atoms with E-state index in [1.54, 1.807) is 32.2 Å². The summed E-state index contributed by atoms with van der Waals surface area (Å²) in [5.74, 6) is 0.185. The van der Waals surface area contributed by atoms with Gasteiger partial charge in [0.1, 0.15) is 5.75 Å². The van der Waals surface area contributed by atoms with Gasteiger partial charge in [0.05, 0.1) is 18.6 Å². The Balaban J connectivity index is 0.00000441. The molecule has 9 heteroatoms. The van der Waals surface area contributed by atoms with Crippen LogP contribution < -0.4 is 20.1 Å². The number of carbonyl (C=O) groups excluding carboxylic acids is 1. The number of anilines is 2. The first kappa shape index (κ1) is 20.5. The second kappa shape index (κ2) is 9.50. The predicted octanol–water partition coefficient (Wildman–Crippen LogP) is 1.43. The molecule has 7 nitrogen and oxygen atoms in total. The van der Waals surface area contributed by atoms with Gasteiger partial charge in [0.25, 0.3) is 0 Å². The van der Waals surface area contributed by atoms with Crippen LogP contribution in [0, 0.1) is 0 Å². The molecule has 1 rings (SSSR count). The van der Waals surface area contributed by atoms with Crippen LogP contribution in [0.2, 0.25) is 0 Å². The smallest absolute Gasteiger partial charge is 0.232 e. The second-order valence-corrected chi connectivity index (χ2v) is 6.33. The van der Waals surface area contributed by atoms with Crippen LogP contribution in [0.3, 0.4) is 0 Å². The van der Waals surface area contributed by atoms with Crippen molar-refractivity contribution in [3.63, 3.8) is 0 Å². The molecule has 0 radical (unpaired) electrons. The van der Waals surface area contributed by atoms with Gasteiger partial charge in [0.2, 0.25) is 15.9 Å². The highest BCUT2D eigenvalue weighted by Crippen LogP contribution is 2.28. The highest BCUT2D eigenvalue weighted by atomic mass is 35.5. The first-order valence-corrected chi connectivity index (χ1v) is 8.20. The van der Waals surface area contributed by atoms with E-state index >= 15 is 0 Å². The van der Waals surface area contributed by atoms with Crippen molar-refractivity contribution >= 4 is 39.7 Å². The summed E-state index contributed by atoms with van der Waals surface area (Å²) in [5.41, 5.74) is 0.889. The molecule has 0 fully saturated rings. The van der Waals surface area contributed by atoms with Gasteiger partial charge in [-0.05, 0) is 26.1 Å². The Labute approximate surface area is 137 Å². The molecule has 0 aliphatic rings. The van der Waals surface area contributed by atoms with E-state index in [9.17, 15) is 13.2 Å². The third kappa shape index (κ3) is 6.50. The lowest BCUT2D eigenvalue weighted by Gasteiger charge is -2.13. The van der Waals surface area contributed by atoms with Gasteiger partial charge in [-0.1, -0.05) is 0 Å². The summed E-state index contributed by atoms with van der Waals surface area (Å²) in [6.07, 6.45) is 0.350. The number of sulfonamides is 1. The van der Waals surface area contributed by atoms with Crippen molar-refractivity contribution in [3.8, 4) is 5.75 Å². The minimum atomic E-state index is -3.38. The maximum absolute atomic E-state index is 11.6. The molecule has 126 valence electrons. The number of amides is 1. The summed E-state index contributed by atoms with van der Waals surface area (Å²) in [4.78, 5) is 11.6. The quantitative estimate of drug-likeness (QED) is 0.658. The minimum absolute atomic E-state index is 0. The Hall–Kier alpha value is -1.51. The Morgan fingerprint density at radius 3 is 2.55 bits per heavy atom. The number of carbonyl (C=O) groups is 1. The Morgan fingerprint density at radius 2 is 2.00 bits per heavy atom.